The van der Waals surface area contributed by atoms with Gasteiger partial charge < -0.3 is 5.11 Å². The van der Waals surface area contributed by atoms with Crippen LogP contribution in [0.4, 0.5) is 0 Å². The lowest BCUT2D eigenvalue weighted by molar-refractivity contribution is -0.136. The third-order valence-electron chi connectivity index (χ3n) is 0.376. The van der Waals surface area contributed by atoms with Crippen LogP contribution in [0.3, 0.4) is 0 Å². The van der Waals surface area contributed by atoms with Gasteiger partial charge in [0.15, 0.2) is 0 Å². The van der Waals surface area contributed by atoms with Crippen molar-refractivity contribution in [1.29, 1.82) is 0 Å². The van der Waals surface area contributed by atoms with Gasteiger partial charge in [-0.05, 0) is 0 Å². The molecule has 2 nitrogen and oxygen atoms in total. The van der Waals surface area contributed by atoms with Crippen molar-refractivity contribution in [3.8, 4) is 0 Å². The number of carbonyl (C=O) groups is 1. The lowest BCUT2D eigenvalue weighted by Crippen LogP contribution is -2.09. The van der Waals surface area contributed by atoms with Crippen LogP contribution in [0.15, 0.2) is 0 Å². The fourth-order valence-electron chi connectivity index (χ4n) is 0.192. The molecule has 0 amide bonds. The Balaban J connectivity index is 3.55. The predicted octanol–water partition coefficient (Wildman–Crippen LogP) is 1.21. The summed E-state index contributed by atoms with van der Waals surface area (Å²) in [5.74, 6) is -1.01. The lowest BCUT2D eigenvalue weighted by Gasteiger charge is -2.07. The molecule has 8 heavy (non-hydrogen) atoms. The van der Waals surface area contributed by atoms with Crippen molar-refractivity contribution in [2.45, 2.75) is 9.96 Å². The van der Waals surface area contributed by atoms with E-state index in [1.807, 2.05) is 0 Å². The molecule has 0 bridgehead atoms. The molecule has 0 aliphatic rings. The van der Waals surface area contributed by atoms with Crippen LogP contribution >= 0.6 is 36.9 Å². The van der Waals surface area contributed by atoms with Crippen LogP contribution in [0.25, 0.3) is 0 Å². The maximum Gasteiger partial charge on any atom is 0.306 e. The second kappa shape index (κ2) is 2.85. The Bertz CT molecular complexity index is 97.9. The topological polar surface area (TPSA) is 37.3 Å². The van der Waals surface area contributed by atoms with Gasteiger partial charge in [-0.15, -0.1) is 25.3 Å². The van der Waals surface area contributed by atoms with Crippen LogP contribution < -0.4 is 0 Å². The van der Waals surface area contributed by atoms with E-state index in [1.54, 1.807) is 0 Å². The maximum atomic E-state index is 9.83. The minimum atomic E-state index is -1.22. The number of carboxylic acids is 1. The summed E-state index contributed by atoms with van der Waals surface area (Å²) in [4.78, 5) is 9.83. The molecule has 0 radical (unpaired) electrons. The standard InChI is InChI=1S/C3H5ClO2S2/c4-3(7,8)1-2(5)6/h7-8H,1H2,(H,5,6). The number of thiol groups is 2. The molecule has 0 unspecified atom stereocenters. The molecule has 0 aromatic carbocycles. The molecule has 0 atom stereocenters. The van der Waals surface area contributed by atoms with E-state index in [-0.39, 0.29) is 6.42 Å². The van der Waals surface area contributed by atoms with Crippen molar-refractivity contribution in [2.75, 3.05) is 0 Å². The minimum absolute atomic E-state index is 0.263. The number of hydrogen-bond acceptors (Lipinski definition) is 3. The molecule has 1 N–H and O–H groups in total. The Morgan fingerprint density at radius 1 is 1.75 bits per heavy atom. The number of halogens is 1. The molecule has 0 heterocycles. The molecule has 0 aliphatic heterocycles. The molecule has 0 aliphatic carbocycles. The molecule has 0 fully saturated rings. The highest BCUT2D eigenvalue weighted by molar-refractivity contribution is 8.02. The molecule has 0 aromatic heterocycles. The van der Waals surface area contributed by atoms with Crippen LogP contribution in [0.1, 0.15) is 6.42 Å². The Morgan fingerprint density at radius 2 is 2.12 bits per heavy atom. The summed E-state index contributed by atoms with van der Waals surface area (Å²) in [5, 5.41) is 8.07. The van der Waals surface area contributed by atoms with Gasteiger partial charge in [0.25, 0.3) is 0 Å². The molecule has 0 aromatic rings. The zero-order valence-electron chi connectivity index (χ0n) is 3.83. The van der Waals surface area contributed by atoms with Gasteiger partial charge in [-0.3, -0.25) is 4.79 Å². The third-order valence-corrected chi connectivity index (χ3v) is 0.826. The van der Waals surface area contributed by atoms with Gasteiger partial charge >= 0.3 is 5.97 Å². The summed E-state index contributed by atoms with van der Waals surface area (Å²) in [6, 6.07) is 0. The van der Waals surface area contributed by atoms with Crippen LogP contribution in [0.5, 0.6) is 0 Å². The van der Waals surface area contributed by atoms with E-state index >= 15 is 0 Å². The van der Waals surface area contributed by atoms with E-state index in [4.69, 9.17) is 16.7 Å². The summed E-state index contributed by atoms with van der Waals surface area (Å²) in [6.07, 6.45) is -0.263. The van der Waals surface area contributed by atoms with Crippen LogP contribution in [-0.4, -0.2) is 14.6 Å². The molecule has 5 heteroatoms. The second-order valence-corrected chi connectivity index (χ2v) is 4.34. The van der Waals surface area contributed by atoms with Gasteiger partial charge in [0.2, 0.25) is 0 Å². The number of aliphatic carboxylic acids is 1. The van der Waals surface area contributed by atoms with Crippen LogP contribution in [-0.2, 0) is 4.79 Å². The fraction of sp³-hybridized carbons (Fsp3) is 0.667. The molecule has 0 spiro atoms. The van der Waals surface area contributed by atoms with Crippen molar-refractivity contribution in [3.05, 3.63) is 0 Å². The zero-order valence-corrected chi connectivity index (χ0v) is 6.38. The third kappa shape index (κ3) is 6.46. The first-order valence-electron chi connectivity index (χ1n) is 1.77. The number of hydrogen-bond donors (Lipinski definition) is 3. The Labute approximate surface area is 63.0 Å². The number of alkyl halides is 1. The highest BCUT2D eigenvalue weighted by Crippen LogP contribution is 2.28. The normalized spacial score (nSPS) is 11.4. The van der Waals surface area contributed by atoms with Gasteiger partial charge in [-0.25, -0.2) is 0 Å². The van der Waals surface area contributed by atoms with E-state index < -0.39 is 9.51 Å². The first-order chi connectivity index (χ1) is 3.42. The summed E-state index contributed by atoms with van der Waals surface area (Å²) in [7, 11) is 0. The SMILES string of the molecule is O=C(O)CC(S)(S)Cl. The largest absolute Gasteiger partial charge is 0.481 e. The van der Waals surface area contributed by atoms with E-state index in [0.717, 1.165) is 0 Å². The molecular formula is C3H5ClO2S2. The molecular weight excluding hydrogens is 168 g/mol. The summed E-state index contributed by atoms with van der Waals surface area (Å²) < 4.78 is -1.22. The van der Waals surface area contributed by atoms with Gasteiger partial charge in [0.1, 0.15) is 3.54 Å². The Kier molecular flexibility index (Phi) is 3.01. The van der Waals surface area contributed by atoms with E-state index in [0.29, 0.717) is 0 Å². The van der Waals surface area contributed by atoms with Crippen molar-refractivity contribution in [2.24, 2.45) is 0 Å². The van der Waals surface area contributed by atoms with Crippen molar-refractivity contribution < 1.29 is 9.90 Å². The van der Waals surface area contributed by atoms with E-state index in [1.165, 1.54) is 0 Å². The lowest BCUT2D eigenvalue weighted by atomic mass is 10.5. The quantitative estimate of drug-likeness (QED) is 0.333. The van der Waals surface area contributed by atoms with E-state index in [2.05, 4.69) is 25.3 Å². The Morgan fingerprint density at radius 3 is 2.12 bits per heavy atom. The minimum Gasteiger partial charge on any atom is -0.481 e. The van der Waals surface area contributed by atoms with Crippen molar-refractivity contribution in [1.82, 2.24) is 0 Å². The predicted molar refractivity (Wildman–Crippen MR) is 38.8 cm³/mol. The molecule has 48 valence electrons. The van der Waals surface area contributed by atoms with Gasteiger partial charge in [-0.1, -0.05) is 11.6 Å². The van der Waals surface area contributed by atoms with Crippen molar-refractivity contribution in [3.63, 3.8) is 0 Å². The van der Waals surface area contributed by atoms with Gasteiger partial charge in [-0.2, -0.15) is 0 Å². The average Bonchev–Trinajstić information content (AvgIpc) is 1.21. The monoisotopic (exact) mass is 172 g/mol. The van der Waals surface area contributed by atoms with E-state index in [9.17, 15) is 4.79 Å². The molecule has 0 saturated carbocycles. The summed E-state index contributed by atoms with van der Waals surface area (Å²) >= 11 is 12.6. The maximum absolute atomic E-state index is 9.83. The summed E-state index contributed by atoms with van der Waals surface area (Å²) in [5.41, 5.74) is 0. The fourth-order valence-corrected chi connectivity index (χ4v) is 0.577. The van der Waals surface area contributed by atoms with Crippen LogP contribution in [0, 0.1) is 0 Å². The average molecular weight is 173 g/mol. The zero-order chi connectivity index (χ0) is 6.78. The highest BCUT2D eigenvalue weighted by Gasteiger charge is 2.19. The Hall–Kier alpha value is 0.460. The summed E-state index contributed by atoms with van der Waals surface area (Å²) in [6.45, 7) is 0. The number of carboxylic acid groups (broad SMARTS) is 1. The molecule has 0 saturated heterocycles. The first kappa shape index (κ1) is 8.46. The smallest absolute Gasteiger partial charge is 0.306 e. The highest BCUT2D eigenvalue weighted by atomic mass is 35.5. The molecule has 0 rings (SSSR count). The number of rotatable bonds is 2. The van der Waals surface area contributed by atoms with Gasteiger partial charge in [0.05, 0.1) is 6.42 Å². The van der Waals surface area contributed by atoms with Gasteiger partial charge in [0, 0.05) is 0 Å². The second-order valence-electron chi connectivity index (χ2n) is 1.29. The van der Waals surface area contributed by atoms with Crippen LogP contribution in [0.2, 0.25) is 0 Å². The van der Waals surface area contributed by atoms with Crippen molar-refractivity contribution >= 4 is 42.8 Å². The first-order valence-corrected chi connectivity index (χ1v) is 3.04.